The van der Waals surface area contributed by atoms with Crippen LogP contribution >= 0.6 is 0 Å². The van der Waals surface area contributed by atoms with E-state index in [-0.39, 0.29) is 11.8 Å². The number of benzene rings is 3. The van der Waals surface area contributed by atoms with Gasteiger partial charge in [0.15, 0.2) is 5.78 Å². The summed E-state index contributed by atoms with van der Waals surface area (Å²) in [5.74, 6) is -1.00. The van der Waals surface area contributed by atoms with E-state index in [9.17, 15) is 9.59 Å². The van der Waals surface area contributed by atoms with Gasteiger partial charge in [0.2, 0.25) is 0 Å². The molecule has 0 saturated carbocycles. The number of rotatable bonds is 4. The highest BCUT2D eigenvalue weighted by Gasteiger charge is 2.40. The first-order valence-electron chi connectivity index (χ1n) is 8.20. The van der Waals surface area contributed by atoms with Crippen molar-refractivity contribution in [1.29, 1.82) is 0 Å². The van der Waals surface area contributed by atoms with Crippen LogP contribution in [0.15, 0.2) is 84.9 Å². The molecule has 2 atom stereocenters. The molecule has 0 saturated heterocycles. The van der Waals surface area contributed by atoms with Crippen molar-refractivity contribution in [2.45, 2.75) is 12.0 Å². The lowest BCUT2D eigenvalue weighted by Crippen LogP contribution is -2.21. The minimum Gasteiger partial charge on any atom is -0.453 e. The van der Waals surface area contributed by atoms with Crippen LogP contribution in [0.5, 0.6) is 0 Å². The number of carbonyl (C=O) groups is 2. The Bertz CT molecular complexity index is 916. The largest absolute Gasteiger partial charge is 0.453 e. The molecule has 1 aliphatic rings. The molecular weight excluding hydrogens is 312 g/mol. The molecule has 122 valence electrons. The summed E-state index contributed by atoms with van der Waals surface area (Å²) in [6, 6.07) is 25.9. The molecule has 0 fully saturated rings. The topological polar surface area (TPSA) is 43.4 Å². The Morgan fingerprint density at radius 3 is 2.12 bits per heavy atom. The lowest BCUT2D eigenvalue weighted by Gasteiger charge is -2.23. The van der Waals surface area contributed by atoms with Gasteiger partial charge in [-0.15, -0.1) is 0 Å². The summed E-state index contributed by atoms with van der Waals surface area (Å²) < 4.78 is 5.63. The monoisotopic (exact) mass is 328 g/mol. The zero-order chi connectivity index (χ0) is 17.2. The summed E-state index contributed by atoms with van der Waals surface area (Å²) in [7, 11) is 0. The van der Waals surface area contributed by atoms with Gasteiger partial charge in [-0.25, -0.2) is 4.79 Å². The molecule has 0 N–H and O–H groups in total. The summed E-state index contributed by atoms with van der Waals surface area (Å²) in [5, 5.41) is 0. The number of ether oxygens (including phenoxy) is 1. The van der Waals surface area contributed by atoms with Gasteiger partial charge in [-0.2, -0.15) is 0 Å². The van der Waals surface area contributed by atoms with Gasteiger partial charge in [0.05, 0.1) is 11.5 Å². The summed E-state index contributed by atoms with van der Waals surface area (Å²) in [5.41, 5.74) is 2.75. The lowest BCUT2D eigenvalue weighted by atomic mass is 9.83. The van der Waals surface area contributed by atoms with Crippen molar-refractivity contribution in [3.8, 4) is 0 Å². The fourth-order valence-electron chi connectivity index (χ4n) is 3.33. The predicted octanol–water partition coefficient (Wildman–Crippen LogP) is 4.56. The minimum absolute atomic E-state index is 0.0543. The molecule has 1 unspecified atom stereocenters. The number of hydrogen-bond donors (Lipinski definition) is 0. The molecule has 0 spiro atoms. The second kappa shape index (κ2) is 6.36. The molecule has 0 radical (unpaired) electrons. The van der Waals surface area contributed by atoms with Crippen LogP contribution in [0.25, 0.3) is 0 Å². The van der Waals surface area contributed by atoms with Crippen LogP contribution in [0, 0.1) is 0 Å². The number of fused-ring (bicyclic) bond motifs is 1. The van der Waals surface area contributed by atoms with E-state index in [0.717, 1.165) is 11.1 Å². The van der Waals surface area contributed by atoms with Gasteiger partial charge < -0.3 is 4.74 Å². The fourth-order valence-corrected chi connectivity index (χ4v) is 3.33. The highest BCUT2D eigenvalue weighted by atomic mass is 16.5. The summed E-state index contributed by atoms with van der Waals surface area (Å²) >= 11 is 0. The van der Waals surface area contributed by atoms with Crippen molar-refractivity contribution in [3.63, 3.8) is 0 Å². The van der Waals surface area contributed by atoms with Crippen LogP contribution < -0.4 is 0 Å². The third-order valence-corrected chi connectivity index (χ3v) is 4.52. The molecule has 1 heterocycles. The maximum Gasteiger partial charge on any atom is 0.339 e. The lowest BCUT2D eigenvalue weighted by molar-refractivity contribution is 0.0322. The van der Waals surface area contributed by atoms with Crippen molar-refractivity contribution in [1.82, 2.24) is 0 Å². The summed E-state index contributed by atoms with van der Waals surface area (Å²) in [6.07, 6.45) is -0.612. The maximum atomic E-state index is 13.3. The van der Waals surface area contributed by atoms with Crippen molar-refractivity contribution >= 4 is 11.8 Å². The Morgan fingerprint density at radius 2 is 1.40 bits per heavy atom. The molecule has 25 heavy (non-hydrogen) atoms. The molecule has 0 amide bonds. The first-order valence-corrected chi connectivity index (χ1v) is 8.20. The Morgan fingerprint density at radius 1 is 0.800 bits per heavy atom. The molecule has 3 heteroatoms. The number of esters is 1. The van der Waals surface area contributed by atoms with Gasteiger partial charge in [-0.3, -0.25) is 4.79 Å². The van der Waals surface area contributed by atoms with Crippen LogP contribution in [0.2, 0.25) is 0 Å². The van der Waals surface area contributed by atoms with Crippen LogP contribution in [0.3, 0.4) is 0 Å². The molecule has 3 aromatic rings. The van der Waals surface area contributed by atoms with Gasteiger partial charge in [-0.1, -0.05) is 78.9 Å². The van der Waals surface area contributed by atoms with E-state index in [2.05, 4.69) is 0 Å². The molecule has 4 rings (SSSR count). The standard InChI is InChI=1S/C22H16O3/c23-20(16-11-5-2-6-12-16)19(15-9-3-1-4-10-15)21-17-13-7-8-14-18(17)22(24)25-21/h1-14,19,21H/t19-,21?/m0/s1. The molecule has 0 bridgehead atoms. The molecule has 0 aliphatic carbocycles. The number of hydrogen-bond acceptors (Lipinski definition) is 3. The minimum atomic E-state index is -0.612. The zero-order valence-electron chi connectivity index (χ0n) is 13.5. The van der Waals surface area contributed by atoms with Gasteiger partial charge in [-0.05, 0) is 11.6 Å². The van der Waals surface area contributed by atoms with Gasteiger partial charge in [0.25, 0.3) is 0 Å². The Labute approximate surface area is 145 Å². The summed E-state index contributed by atoms with van der Waals surface area (Å²) in [4.78, 5) is 25.5. The number of cyclic esters (lactones) is 1. The smallest absolute Gasteiger partial charge is 0.339 e. The predicted molar refractivity (Wildman–Crippen MR) is 94.6 cm³/mol. The number of ketones is 1. The van der Waals surface area contributed by atoms with E-state index >= 15 is 0 Å². The fraction of sp³-hybridized carbons (Fsp3) is 0.0909. The SMILES string of the molecule is O=C1OC([C@H](C(=O)c2ccccc2)c2ccccc2)c2ccccc21. The quantitative estimate of drug-likeness (QED) is 0.521. The third-order valence-electron chi connectivity index (χ3n) is 4.52. The zero-order valence-corrected chi connectivity index (χ0v) is 13.5. The van der Waals surface area contributed by atoms with E-state index in [1.807, 2.05) is 60.7 Å². The average molecular weight is 328 g/mol. The Balaban J connectivity index is 1.83. The van der Waals surface area contributed by atoms with Crippen molar-refractivity contribution in [3.05, 3.63) is 107 Å². The van der Waals surface area contributed by atoms with E-state index in [1.54, 1.807) is 24.3 Å². The average Bonchev–Trinajstić information content (AvgIpc) is 3.00. The van der Waals surface area contributed by atoms with E-state index < -0.39 is 12.0 Å². The van der Waals surface area contributed by atoms with Crippen LogP contribution in [-0.4, -0.2) is 11.8 Å². The molecule has 3 nitrogen and oxygen atoms in total. The molecule has 0 aromatic heterocycles. The third kappa shape index (κ3) is 2.74. The van der Waals surface area contributed by atoms with Crippen molar-refractivity contribution in [2.75, 3.05) is 0 Å². The second-order valence-electron chi connectivity index (χ2n) is 6.03. The Hall–Kier alpha value is -3.20. The molecule has 1 aliphatic heterocycles. The molecule has 3 aromatic carbocycles. The first-order chi connectivity index (χ1) is 12.3. The van der Waals surface area contributed by atoms with Gasteiger partial charge in [0.1, 0.15) is 6.10 Å². The highest BCUT2D eigenvalue weighted by Crippen LogP contribution is 2.42. The van der Waals surface area contributed by atoms with Crippen LogP contribution in [0.4, 0.5) is 0 Å². The number of carbonyl (C=O) groups excluding carboxylic acids is 2. The normalized spacial score (nSPS) is 16.8. The van der Waals surface area contributed by atoms with E-state index in [4.69, 9.17) is 4.74 Å². The number of Topliss-reactive ketones (excluding diaryl/α,β-unsaturated/α-hetero) is 1. The summed E-state index contributed by atoms with van der Waals surface area (Å²) in [6.45, 7) is 0. The maximum absolute atomic E-state index is 13.3. The Kier molecular flexibility index (Phi) is 3.90. The van der Waals surface area contributed by atoms with Crippen molar-refractivity contribution in [2.24, 2.45) is 0 Å². The first kappa shape index (κ1) is 15.3. The second-order valence-corrected chi connectivity index (χ2v) is 6.03. The van der Waals surface area contributed by atoms with E-state index in [1.165, 1.54) is 0 Å². The highest BCUT2D eigenvalue weighted by molar-refractivity contribution is 6.03. The van der Waals surface area contributed by atoms with Gasteiger partial charge >= 0.3 is 5.97 Å². The van der Waals surface area contributed by atoms with Gasteiger partial charge in [0, 0.05) is 11.1 Å². The van der Waals surface area contributed by atoms with E-state index in [0.29, 0.717) is 11.1 Å². The van der Waals surface area contributed by atoms with Crippen LogP contribution in [0.1, 0.15) is 43.9 Å². The van der Waals surface area contributed by atoms with Crippen LogP contribution in [-0.2, 0) is 4.74 Å². The molecular formula is C22H16O3. The van der Waals surface area contributed by atoms with Crippen molar-refractivity contribution < 1.29 is 14.3 Å².